The lowest BCUT2D eigenvalue weighted by molar-refractivity contribution is 0.195. The summed E-state index contributed by atoms with van der Waals surface area (Å²) in [6.07, 6.45) is 0.962. The van der Waals surface area contributed by atoms with E-state index in [1.54, 1.807) is 14.2 Å². The van der Waals surface area contributed by atoms with E-state index in [0.717, 1.165) is 32.1 Å². The van der Waals surface area contributed by atoms with E-state index in [9.17, 15) is 0 Å². The van der Waals surface area contributed by atoms with Gasteiger partial charge in [-0.2, -0.15) is 0 Å². The van der Waals surface area contributed by atoms with E-state index in [2.05, 4.69) is 66.0 Å². The average molecular weight is 448 g/mol. The molecule has 0 aromatic heterocycles. The fourth-order valence-electron chi connectivity index (χ4n) is 2.41. The first-order valence-electron chi connectivity index (χ1n) is 8.24. The van der Waals surface area contributed by atoms with Crippen LogP contribution in [0.5, 0.6) is 0 Å². The summed E-state index contributed by atoms with van der Waals surface area (Å²) in [5.74, 6) is 0.823. The summed E-state index contributed by atoms with van der Waals surface area (Å²) in [6.45, 7) is 8.96. The van der Waals surface area contributed by atoms with Crippen molar-refractivity contribution in [3.8, 4) is 0 Å². The summed E-state index contributed by atoms with van der Waals surface area (Å²) in [5, 5.41) is 10.3. The first-order valence-corrected chi connectivity index (χ1v) is 8.24. The van der Waals surface area contributed by atoms with E-state index in [1.807, 2.05) is 6.07 Å². The quantitative estimate of drug-likeness (QED) is 0.235. The minimum atomic E-state index is -0.0561. The van der Waals surface area contributed by atoms with Gasteiger partial charge in [-0.15, -0.1) is 24.0 Å². The summed E-state index contributed by atoms with van der Waals surface area (Å²) in [7, 11) is 3.51. The zero-order valence-corrected chi connectivity index (χ0v) is 17.9. The third-order valence-corrected chi connectivity index (χ3v) is 3.65. The Morgan fingerprint density at radius 3 is 2.46 bits per heavy atom. The van der Waals surface area contributed by atoms with Gasteiger partial charge in [-0.05, 0) is 32.8 Å². The third kappa shape index (κ3) is 9.44. The van der Waals surface area contributed by atoms with Crippen molar-refractivity contribution in [3.63, 3.8) is 0 Å². The predicted molar refractivity (Wildman–Crippen MR) is 113 cm³/mol. The van der Waals surface area contributed by atoms with E-state index in [4.69, 9.17) is 4.74 Å². The molecule has 0 saturated heterocycles. The molecule has 1 unspecified atom stereocenters. The highest BCUT2D eigenvalue weighted by molar-refractivity contribution is 14.0. The Kier molecular flexibility index (Phi) is 12.0. The number of rotatable bonds is 9. The molecule has 1 aromatic rings. The molecule has 0 aliphatic carbocycles. The second-order valence-electron chi connectivity index (χ2n) is 6.36. The van der Waals surface area contributed by atoms with Crippen molar-refractivity contribution in [2.24, 2.45) is 4.99 Å². The fourth-order valence-corrected chi connectivity index (χ4v) is 2.41. The second kappa shape index (κ2) is 12.5. The summed E-state index contributed by atoms with van der Waals surface area (Å²) >= 11 is 0. The van der Waals surface area contributed by atoms with Crippen molar-refractivity contribution in [2.45, 2.75) is 38.8 Å². The number of aliphatic imine (C=N–C) groups is 1. The zero-order valence-electron chi connectivity index (χ0n) is 15.6. The summed E-state index contributed by atoms with van der Waals surface area (Å²) in [4.78, 5) is 4.25. The molecule has 1 rings (SSSR count). The number of ether oxygens (including phenoxy) is 1. The maximum absolute atomic E-state index is 5.05. The second-order valence-corrected chi connectivity index (χ2v) is 6.36. The number of hydrogen-bond acceptors (Lipinski definition) is 3. The minimum absolute atomic E-state index is 0. The molecule has 0 spiro atoms. The molecule has 0 fully saturated rings. The number of halogens is 1. The van der Waals surface area contributed by atoms with Gasteiger partial charge in [0.2, 0.25) is 0 Å². The molecule has 0 amide bonds. The van der Waals surface area contributed by atoms with Gasteiger partial charge in [0.1, 0.15) is 0 Å². The summed E-state index contributed by atoms with van der Waals surface area (Å²) in [6, 6.07) is 10.8. The van der Waals surface area contributed by atoms with E-state index < -0.39 is 0 Å². The molecule has 0 aliphatic heterocycles. The van der Waals surface area contributed by atoms with Crippen LogP contribution in [-0.4, -0.2) is 45.4 Å². The van der Waals surface area contributed by atoms with Crippen LogP contribution in [0.2, 0.25) is 0 Å². The minimum Gasteiger partial charge on any atom is -0.385 e. The van der Waals surface area contributed by atoms with Crippen molar-refractivity contribution in [2.75, 3.05) is 33.9 Å². The van der Waals surface area contributed by atoms with Crippen LogP contribution < -0.4 is 16.0 Å². The van der Waals surface area contributed by atoms with Crippen molar-refractivity contribution in [1.29, 1.82) is 0 Å². The molecule has 0 saturated carbocycles. The molecule has 138 valence electrons. The first kappa shape index (κ1) is 23.1. The van der Waals surface area contributed by atoms with Gasteiger partial charge in [0.25, 0.3) is 0 Å². The zero-order chi connectivity index (χ0) is 17.1. The Morgan fingerprint density at radius 1 is 1.21 bits per heavy atom. The molecule has 24 heavy (non-hydrogen) atoms. The largest absolute Gasteiger partial charge is 0.385 e. The number of nitrogens with zero attached hydrogens (tertiary/aromatic N) is 1. The Balaban J connectivity index is 0.00000529. The maximum Gasteiger partial charge on any atom is 0.191 e. The Hall–Kier alpha value is -0.860. The molecular weight excluding hydrogens is 415 g/mol. The van der Waals surface area contributed by atoms with Gasteiger partial charge >= 0.3 is 0 Å². The normalized spacial score (nSPS) is 13.1. The van der Waals surface area contributed by atoms with Gasteiger partial charge in [-0.1, -0.05) is 30.3 Å². The molecule has 0 radical (unpaired) electrons. The highest BCUT2D eigenvalue weighted by Gasteiger charge is 2.21. The van der Waals surface area contributed by atoms with Crippen molar-refractivity contribution in [3.05, 3.63) is 35.9 Å². The highest BCUT2D eigenvalue weighted by atomic mass is 127. The van der Waals surface area contributed by atoms with Crippen molar-refractivity contribution in [1.82, 2.24) is 16.0 Å². The van der Waals surface area contributed by atoms with E-state index >= 15 is 0 Å². The standard InChI is InChI=1S/C18H32N4O.HI/c1-15(16-10-7-6-8-11-16)22-18(2,3)14-21-17(19-4)20-12-9-13-23-5;/h6-8,10-11,15,22H,9,12-14H2,1-5H3,(H2,19,20,21);1H. The Labute approximate surface area is 164 Å². The number of nitrogens with one attached hydrogen (secondary N) is 3. The Morgan fingerprint density at radius 2 is 1.88 bits per heavy atom. The smallest absolute Gasteiger partial charge is 0.191 e. The molecular formula is C18H33IN4O. The number of guanidine groups is 1. The van der Waals surface area contributed by atoms with Gasteiger partial charge in [0, 0.05) is 45.4 Å². The van der Waals surface area contributed by atoms with Crippen LogP contribution in [-0.2, 0) is 4.74 Å². The summed E-state index contributed by atoms with van der Waals surface area (Å²) in [5.41, 5.74) is 1.24. The van der Waals surface area contributed by atoms with Crippen LogP contribution >= 0.6 is 24.0 Å². The number of benzene rings is 1. The lowest BCUT2D eigenvalue weighted by Gasteiger charge is -2.31. The number of methoxy groups -OCH3 is 1. The molecule has 1 atom stereocenters. The molecule has 6 heteroatoms. The van der Waals surface area contributed by atoms with Crippen LogP contribution in [0.25, 0.3) is 0 Å². The van der Waals surface area contributed by atoms with Gasteiger partial charge in [-0.25, -0.2) is 0 Å². The monoisotopic (exact) mass is 448 g/mol. The van der Waals surface area contributed by atoms with Crippen molar-refractivity contribution >= 4 is 29.9 Å². The summed E-state index contributed by atoms with van der Waals surface area (Å²) < 4.78 is 5.05. The van der Waals surface area contributed by atoms with Gasteiger partial charge in [0.15, 0.2) is 5.96 Å². The van der Waals surface area contributed by atoms with E-state index in [1.165, 1.54) is 5.56 Å². The predicted octanol–water partition coefficient (Wildman–Crippen LogP) is 2.94. The molecule has 0 heterocycles. The molecule has 0 bridgehead atoms. The van der Waals surface area contributed by atoms with Crippen LogP contribution in [0.3, 0.4) is 0 Å². The first-order chi connectivity index (χ1) is 11.0. The molecule has 0 aliphatic rings. The lowest BCUT2D eigenvalue weighted by atomic mass is 10.0. The Bertz CT molecular complexity index is 465. The van der Waals surface area contributed by atoms with Crippen LogP contribution in [0.15, 0.2) is 35.3 Å². The van der Waals surface area contributed by atoms with Gasteiger partial charge in [0.05, 0.1) is 0 Å². The third-order valence-electron chi connectivity index (χ3n) is 3.65. The number of hydrogen-bond donors (Lipinski definition) is 3. The van der Waals surface area contributed by atoms with Gasteiger partial charge in [-0.3, -0.25) is 4.99 Å². The fraction of sp³-hybridized carbons (Fsp3) is 0.611. The molecule has 3 N–H and O–H groups in total. The molecule has 1 aromatic carbocycles. The van der Waals surface area contributed by atoms with Gasteiger partial charge < -0.3 is 20.7 Å². The van der Waals surface area contributed by atoms with Crippen LogP contribution in [0.4, 0.5) is 0 Å². The van der Waals surface area contributed by atoms with Crippen LogP contribution in [0, 0.1) is 0 Å². The highest BCUT2D eigenvalue weighted by Crippen LogP contribution is 2.15. The van der Waals surface area contributed by atoms with Crippen molar-refractivity contribution < 1.29 is 4.74 Å². The maximum atomic E-state index is 5.05. The van der Waals surface area contributed by atoms with E-state index in [0.29, 0.717) is 6.04 Å². The van der Waals surface area contributed by atoms with E-state index in [-0.39, 0.29) is 29.5 Å². The van der Waals surface area contributed by atoms with Crippen LogP contribution in [0.1, 0.15) is 38.8 Å². The average Bonchev–Trinajstić information content (AvgIpc) is 2.54. The molecule has 5 nitrogen and oxygen atoms in total. The lowest BCUT2D eigenvalue weighted by Crippen LogP contribution is -2.52. The topological polar surface area (TPSA) is 57.7 Å². The SMILES string of the molecule is CN=C(NCCCOC)NCC(C)(C)NC(C)c1ccccc1.I.